The van der Waals surface area contributed by atoms with Gasteiger partial charge in [0.05, 0.1) is 17.6 Å². The highest BCUT2D eigenvalue weighted by Crippen LogP contribution is 2.21. The monoisotopic (exact) mass is 316 g/mol. The molecular weight excluding hydrogens is 292 g/mol. The van der Waals surface area contributed by atoms with Gasteiger partial charge in [-0.25, -0.2) is 0 Å². The lowest BCUT2D eigenvalue weighted by Gasteiger charge is -2.17. The third-order valence-electron chi connectivity index (χ3n) is 3.18. The molecule has 8 heteroatoms. The third kappa shape index (κ3) is 5.29. The molecule has 0 saturated heterocycles. The van der Waals surface area contributed by atoms with Crippen LogP contribution < -0.4 is 5.32 Å². The van der Waals surface area contributed by atoms with Gasteiger partial charge in [0.15, 0.2) is 0 Å². The van der Waals surface area contributed by atoms with Crippen molar-refractivity contribution in [3.63, 3.8) is 0 Å². The summed E-state index contributed by atoms with van der Waals surface area (Å²) in [6.45, 7) is 8.14. The lowest BCUT2D eigenvalue weighted by molar-refractivity contribution is -0.386. The summed E-state index contributed by atoms with van der Waals surface area (Å²) in [6, 6.07) is 0.319. The van der Waals surface area contributed by atoms with Gasteiger partial charge < -0.3 is 10.4 Å². The van der Waals surface area contributed by atoms with E-state index in [-0.39, 0.29) is 12.2 Å². The number of aryl methyl sites for hydroxylation is 1. The summed E-state index contributed by atoms with van der Waals surface area (Å²) in [6.07, 6.45) is -0.628. The maximum absolute atomic E-state index is 10.9. The molecular formula is C13H24N4O3S. The molecule has 0 aromatic carbocycles. The van der Waals surface area contributed by atoms with Gasteiger partial charge in [-0.3, -0.25) is 14.8 Å². The average Bonchev–Trinajstić information content (AvgIpc) is 2.68. The molecule has 0 aliphatic heterocycles. The van der Waals surface area contributed by atoms with Gasteiger partial charge in [0.2, 0.25) is 0 Å². The van der Waals surface area contributed by atoms with E-state index in [2.05, 4.69) is 24.3 Å². The molecule has 21 heavy (non-hydrogen) atoms. The molecule has 1 aromatic rings. The first-order chi connectivity index (χ1) is 9.86. The van der Waals surface area contributed by atoms with Crippen LogP contribution in [0.2, 0.25) is 0 Å². The summed E-state index contributed by atoms with van der Waals surface area (Å²) >= 11 is 1.85. The van der Waals surface area contributed by atoms with Crippen molar-refractivity contribution in [1.82, 2.24) is 15.1 Å². The molecule has 0 fully saturated rings. The van der Waals surface area contributed by atoms with E-state index in [1.165, 1.54) is 4.68 Å². The quantitative estimate of drug-likeness (QED) is 0.530. The number of aliphatic hydroxyl groups excluding tert-OH is 1. The van der Waals surface area contributed by atoms with Gasteiger partial charge in [-0.05, 0) is 26.5 Å². The number of aliphatic hydroxyl groups is 1. The van der Waals surface area contributed by atoms with E-state index >= 15 is 0 Å². The van der Waals surface area contributed by atoms with Crippen LogP contribution in [0.25, 0.3) is 0 Å². The maximum Gasteiger partial charge on any atom is 0.312 e. The molecule has 2 atom stereocenters. The Balaban J connectivity index is 2.54. The second-order valence-electron chi connectivity index (χ2n) is 5.08. The number of rotatable bonds is 9. The summed E-state index contributed by atoms with van der Waals surface area (Å²) < 4.78 is 1.51. The zero-order valence-electron chi connectivity index (χ0n) is 13.0. The number of hydrogen-bond donors (Lipinski definition) is 2. The van der Waals surface area contributed by atoms with Gasteiger partial charge in [-0.2, -0.15) is 16.9 Å². The first-order valence-electron chi connectivity index (χ1n) is 7.04. The second kappa shape index (κ2) is 8.35. The Morgan fingerprint density at radius 1 is 1.52 bits per heavy atom. The minimum absolute atomic E-state index is 0.0304. The van der Waals surface area contributed by atoms with Crippen LogP contribution in [0.15, 0.2) is 0 Å². The minimum atomic E-state index is -0.628. The van der Waals surface area contributed by atoms with E-state index in [9.17, 15) is 15.2 Å². The Bertz CT molecular complexity index is 478. The third-order valence-corrected chi connectivity index (χ3v) is 4.33. The summed E-state index contributed by atoms with van der Waals surface area (Å²) in [5, 5.41) is 28.4. The molecule has 0 aliphatic carbocycles. The highest BCUT2D eigenvalue weighted by Gasteiger charge is 2.22. The molecule has 0 amide bonds. The number of nitro groups is 1. The fourth-order valence-corrected chi connectivity index (χ4v) is 2.79. The predicted molar refractivity (Wildman–Crippen MR) is 84.8 cm³/mol. The molecule has 0 saturated carbocycles. The van der Waals surface area contributed by atoms with Gasteiger partial charge in [0.25, 0.3) is 0 Å². The number of aromatic nitrogens is 2. The minimum Gasteiger partial charge on any atom is -0.390 e. The Hall–Kier alpha value is -1.12. The van der Waals surface area contributed by atoms with Gasteiger partial charge in [-0.1, -0.05) is 6.92 Å². The molecule has 0 spiro atoms. The normalized spacial score (nSPS) is 14.1. The van der Waals surface area contributed by atoms with Crippen molar-refractivity contribution in [2.45, 2.75) is 46.4 Å². The molecule has 1 aromatic heterocycles. The van der Waals surface area contributed by atoms with Gasteiger partial charge in [0.1, 0.15) is 11.4 Å². The van der Waals surface area contributed by atoms with E-state index in [4.69, 9.17) is 0 Å². The molecule has 0 aliphatic rings. The number of nitrogens with one attached hydrogen (secondary N) is 1. The molecule has 1 heterocycles. The summed E-state index contributed by atoms with van der Waals surface area (Å²) in [7, 11) is 0. The van der Waals surface area contributed by atoms with Crippen LogP contribution in [0.4, 0.5) is 5.69 Å². The molecule has 7 nitrogen and oxygen atoms in total. The fraction of sp³-hybridized carbons (Fsp3) is 0.769. The Labute approximate surface area is 129 Å². The van der Waals surface area contributed by atoms with Crippen LogP contribution in [0.3, 0.4) is 0 Å². The summed E-state index contributed by atoms with van der Waals surface area (Å²) in [4.78, 5) is 10.5. The van der Waals surface area contributed by atoms with Crippen LogP contribution in [0.1, 0.15) is 25.2 Å². The Morgan fingerprint density at radius 2 is 2.19 bits per heavy atom. The van der Waals surface area contributed by atoms with Gasteiger partial charge >= 0.3 is 5.69 Å². The van der Waals surface area contributed by atoms with Crippen LogP contribution in [-0.4, -0.2) is 50.0 Å². The SMILES string of the molecule is CCSCC(C)NCC(O)Cn1nc(C)c([N+](=O)[O-])c1C. The highest BCUT2D eigenvalue weighted by molar-refractivity contribution is 7.99. The van der Waals surface area contributed by atoms with E-state index in [1.807, 2.05) is 11.8 Å². The van der Waals surface area contributed by atoms with Crippen molar-refractivity contribution >= 4 is 17.4 Å². The van der Waals surface area contributed by atoms with Crippen molar-refractivity contribution in [1.29, 1.82) is 0 Å². The van der Waals surface area contributed by atoms with Crippen molar-refractivity contribution in [2.24, 2.45) is 0 Å². The van der Waals surface area contributed by atoms with Crippen LogP contribution >= 0.6 is 11.8 Å². The van der Waals surface area contributed by atoms with Crippen molar-refractivity contribution < 1.29 is 10.0 Å². The maximum atomic E-state index is 10.9. The average molecular weight is 316 g/mol. The zero-order valence-corrected chi connectivity index (χ0v) is 13.8. The van der Waals surface area contributed by atoms with Crippen molar-refractivity contribution in [2.75, 3.05) is 18.1 Å². The first-order valence-corrected chi connectivity index (χ1v) is 8.19. The predicted octanol–water partition coefficient (Wildman–Crippen LogP) is 1.50. The van der Waals surface area contributed by atoms with E-state index in [1.54, 1.807) is 13.8 Å². The van der Waals surface area contributed by atoms with E-state index in [0.717, 1.165) is 11.5 Å². The lowest BCUT2D eigenvalue weighted by Crippen LogP contribution is -2.37. The largest absolute Gasteiger partial charge is 0.390 e. The second-order valence-corrected chi connectivity index (χ2v) is 6.40. The van der Waals surface area contributed by atoms with Gasteiger partial charge in [0, 0.05) is 18.3 Å². The molecule has 0 bridgehead atoms. The topological polar surface area (TPSA) is 93.2 Å². The Morgan fingerprint density at radius 3 is 2.71 bits per heavy atom. The van der Waals surface area contributed by atoms with Crippen LogP contribution in [0.5, 0.6) is 0 Å². The Kier molecular flexibility index (Phi) is 7.13. The number of thioether (sulfide) groups is 1. The fourth-order valence-electron chi connectivity index (χ4n) is 2.08. The van der Waals surface area contributed by atoms with Crippen molar-refractivity contribution in [3.05, 3.63) is 21.5 Å². The molecule has 120 valence electrons. The van der Waals surface area contributed by atoms with Gasteiger partial charge in [-0.15, -0.1) is 0 Å². The van der Waals surface area contributed by atoms with Crippen LogP contribution in [0, 0.1) is 24.0 Å². The van der Waals surface area contributed by atoms with E-state index in [0.29, 0.717) is 24.0 Å². The molecule has 1 rings (SSSR count). The number of nitrogens with zero attached hydrogens (tertiary/aromatic N) is 3. The lowest BCUT2D eigenvalue weighted by atomic mass is 10.3. The highest BCUT2D eigenvalue weighted by atomic mass is 32.2. The standard InChI is InChI=1S/C13H24N4O3S/c1-5-21-8-9(2)14-6-12(18)7-16-11(4)13(17(19)20)10(3)15-16/h9,12,14,18H,5-8H2,1-4H3. The summed E-state index contributed by atoms with van der Waals surface area (Å²) in [5.74, 6) is 2.07. The first kappa shape index (κ1) is 17.9. The zero-order chi connectivity index (χ0) is 16.0. The summed E-state index contributed by atoms with van der Waals surface area (Å²) in [5.41, 5.74) is 0.888. The smallest absolute Gasteiger partial charge is 0.312 e. The molecule has 2 unspecified atom stereocenters. The number of hydrogen-bond acceptors (Lipinski definition) is 6. The van der Waals surface area contributed by atoms with Crippen LogP contribution in [-0.2, 0) is 6.54 Å². The molecule has 0 radical (unpaired) electrons. The molecule has 2 N–H and O–H groups in total. The van der Waals surface area contributed by atoms with Crippen molar-refractivity contribution in [3.8, 4) is 0 Å². The van der Waals surface area contributed by atoms with E-state index < -0.39 is 11.0 Å².